The Morgan fingerprint density at radius 2 is 2.26 bits per heavy atom. The number of amides is 1. The van der Waals surface area contributed by atoms with E-state index in [1.165, 1.54) is 11.3 Å². The van der Waals surface area contributed by atoms with E-state index < -0.39 is 0 Å². The highest BCUT2D eigenvalue weighted by Crippen LogP contribution is 2.19. The molecule has 2 heterocycles. The summed E-state index contributed by atoms with van der Waals surface area (Å²) in [4.78, 5) is 19.2. The van der Waals surface area contributed by atoms with Crippen molar-refractivity contribution in [2.45, 2.75) is 6.61 Å². The molecule has 0 radical (unpaired) electrons. The maximum absolute atomic E-state index is 12.2. The molecular formula is C16H13N3O2S2. The smallest absolute Gasteiger partial charge is 0.258 e. The van der Waals surface area contributed by atoms with Crippen LogP contribution in [0.4, 0.5) is 5.69 Å². The molecule has 0 atom stereocenters. The van der Waals surface area contributed by atoms with E-state index in [0.717, 1.165) is 5.69 Å². The molecule has 1 aromatic carbocycles. The fourth-order valence-electron chi connectivity index (χ4n) is 1.93. The van der Waals surface area contributed by atoms with Crippen molar-refractivity contribution in [3.63, 3.8) is 0 Å². The number of nitrogens with one attached hydrogen (secondary N) is 2. The number of anilines is 1. The van der Waals surface area contributed by atoms with E-state index in [2.05, 4.69) is 15.3 Å². The molecule has 0 unspecified atom stereocenters. The molecule has 7 heteroatoms. The van der Waals surface area contributed by atoms with Gasteiger partial charge in [-0.05, 0) is 24.3 Å². The number of aromatic amines is 1. The van der Waals surface area contributed by atoms with Gasteiger partial charge in [-0.3, -0.25) is 4.79 Å². The van der Waals surface area contributed by atoms with E-state index >= 15 is 0 Å². The van der Waals surface area contributed by atoms with Crippen molar-refractivity contribution >= 4 is 35.1 Å². The van der Waals surface area contributed by atoms with Crippen LogP contribution in [0.1, 0.15) is 16.1 Å². The number of nitrogens with zero attached hydrogens (tertiary/aromatic N) is 1. The molecular weight excluding hydrogens is 330 g/mol. The Bertz CT molecular complexity index is 860. The maximum Gasteiger partial charge on any atom is 0.258 e. The van der Waals surface area contributed by atoms with Crippen LogP contribution >= 0.6 is 23.6 Å². The summed E-state index contributed by atoms with van der Waals surface area (Å²) in [6.07, 6.45) is 1.69. The Morgan fingerprint density at radius 3 is 3.04 bits per heavy atom. The molecule has 0 spiro atoms. The lowest BCUT2D eigenvalue weighted by Gasteiger charge is -2.08. The van der Waals surface area contributed by atoms with E-state index in [1.54, 1.807) is 36.0 Å². The zero-order valence-electron chi connectivity index (χ0n) is 12.0. The summed E-state index contributed by atoms with van der Waals surface area (Å²) in [5.41, 5.74) is 3.71. The third-order valence-electron chi connectivity index (χ3n) is 3.02. The quantitative estimate of drug-likeness (QED) is 0.686. The zero-order valence-corrected chi connectivity index (χ0v) is 13.6. The molecule has 2 aromatic heterocycles. The summed E-state index contributed by atoms with van der Waals surface area (Å²) >= 11 is 6.63. The van der Waals surface area contributed by atoms with Gasteiger partial charge in [0.1, 0.15) is 17.0 Å². The second-order valence-electron chi connectivity index (χ2n) is 4.66. The molecule has 0 aliphatic heterocycles. The Morgan fingerprint density at radius 1 is 1.35 bits per heavy atom. The number of carbonyl (C=O) groups excluding carboxylic acids is 1. The monoisotopic (exact) mass is 343 g/mol. The van der Waals surface area contributed by atoms with E-state index in [0.29, 0.717) is 28.2 Å². The van der Waals surface area contributed by atoms with E-state index in [9.17, 15) is 4.79 Å². The summed E-state index contributed by atoms with van der Waals surface area (Å²) in [5.74, 6) is 0.400. The first-order valence-electron chi connectivity index (χ1n) is 6.81. The lowest BCUT2D eigenvalue weighted by atomic mass is 10.2. The largest absolute Gasteiger partial charge is 0.487 e. The normalized spacial score (nSPS) is 10.3. The van der Waals surface area contributed by atoms with Crippen LogP contribution in [0.5, 0.6) is 5.75 Å². The van der Waals surface area contributed by atoms with Gasteiger partial charge >= 0.3 is 0 Å². The number of H-pyrrole nitrogens is 1. The highest BCUT2D eigenvalue weighted by molar-refractivity contribution is 7.71. The number of aromatic nitrogens is 2. The van der Waals surface area contributed by atoms with Gasteiger partial charge in [-0.25, -0.2) is 4.98 Å². The van der Waals surface area contributed by atoms with Crippen LogP contribution < -0.4 is 10.1 Å². The first-order chi connectivity index (χ1) is 11.2. The molecule has 0 saturated carbocycles. The minimum atomic E-state index is -0.261. The minimum absolute atomic E-state index is 0.261. The van der Waals surface area contributed by atoms with Crippen LogP contribution in [0.15, 0.2) is 53.5 Å². The van der Waals surface area contributed by atoms with Gasteiger partial charge in [-0.15, -0.1) is 11.3 Å². The number of hydrogen-bond acceptors (Lipinski definition) is 5. The molecule has 116 valence electrons. The highest BCUT2D eigenvalue weighted by atomic mass is 32.1. The van der Waals surface area contributed by atoms with Gasteiger partial charge in [0.25, 0.3) is 5.91 Å². The Hall–Kier alpha value is -2.51. The van der Waals surface area contributed by atoms with E-state index in [-0.39, 0.29) is 5.91 Å². The second-order valence-corrected chi connectivity index (χ2v) is 5.79. The number of ether oxygens (including phenoxy) is 1. The van der Waals surface area contributed by atoms with Gasteiger partial charge in [-0.2, -0.15) is 0 Å². The molecule has 0 bridgehead atoms. The summed E-state index contributed by atoms with van der Waals surface area (Å²) < 4.78 is 6.07. The number of carbonyl (C=O) groups is 1. The van der Waals surface area contributed by atoms with Crippen LogP contribution in [0.3, 0.4) is 0 Å². The molecule has 23 heavy (non-hydrogen) atoms. The fraction of sp³-hybridized carbons (Fsp3) is 0.0625. The topological polar surface area (TPSA) is 67.0 Å². The van der Waals surface area contributed by atoms with Gasteiger partial charge in [0.05, 0.1) is 16.8 Å². The third-order valence-corrected chi connectivity index (χ3v) is 4.00. The lowest BCUT2D eigenvalue weighted by molar-refractivity contribution is 0.102. The fourth-order valence-corrected chi connectivity index (χ4v) is 2.70. The van der Waals surface area contributed by atoms with Crippen molar-refractivity contribution in [1.29, 1.82) is 0 Å². The Balaban J connectivity index is 1.69. The van der Waals surface area contributed by atoms with Crippen molar-refractivity contribution in [1.82, 2.24) is 9.97 Å². The average molecular weight is 343 g/mol. The number of thiazole rings is 1. The lowest BCUT2D eigenvalue weighted by Crippen LogP contribution is -2.12. The van der Waals surface area contributed by atoms with Crippen molar-refractivity contribution in [3.8, 4) is 5.75 Å². The van der Waals surface area contributed by atoms with Crippen molar-refractivity contribution < 1.29 is 9.53 Å². The number of hydrogen-bond donors (Lipinski definition) is 2. The van der Waals surface area contributed by atoms with Crippen molar-refractivity contribution in [3.05, 3.63) is 69.4 Å². The molecule has 0 fully saturated rings. The first kappa shape index (κ1) is 15.4. The zero-order chi connectivity index (χ0) is 16.1. The number of rotatable bonds is 5. The van der Waals surface area contributed by atoms with Crippen LogP contribution in [0, 0.1) is 4.64 Å². The van der Waals surface area contributed by atoms with Crippen molar-refractivity contribution in [2.24, 2.45) is 0 Å². The molecule has 0 aliphatic carbocycles. The van der Waals surface area contributed by atoms with Crippen LogP contribution in [-0.2, 0) is 6.61 Å². The summed E-state index contributed by atoms with van der Waals surface area (Å²) in [6.45, 7) is 0.394. The van der Waals surface area contributed by atoms with E-state index in [1.807, 2.05) is 17.5 Å². The van der Waals surface area contributed by atoms with Gasteiger partial charge < -0.3 is 15.0 Å². The Kier molecular flexibility index (Phi) is 4.80. The maximum atomic E-state index is 12.2. The third kappa shape index (κ3) is 4.02. The average Bonchev–Trinajstić information content (AvgIpc) is 3.07. The highest BCUT2D eigenvalue weighted by Gasteiger charge is 2.08. The van der Waals surface area contributed by atoms with Crippen LogP contribution in [0.2, 0.25) is 0 Å². The summed E-state index contributed by atoms with van der Waals surface area (Å²) in [7, 11) is 0. The molecule has 3 aromatic rings. The van der Waals surface area contributed by atoms with Crippen LogP contribution in [-0.4, -0.2) is 15.9 Å². The predicted molar refractivity (Wildman–Crippen MR) is 92.5 cm³/mol. The van der Waals surface area contributed by atoms with Gasteiger partial charge in [0.2, 0.25) is 0 Å². The SMILES string of the molecule is O=C(Nc1cccc(OCc2cscn2)c1)c1ccc[nH]c1=S. The molecule has 1 amide bonds. The molecule has 0 aliphatic rings. The molecule has 5 nitrogen and oxygen atoms in total. The van der Waals surface area contributed by atoms with Gasteiger partial charge in [0, 0.05) is 23.3 Å². The predicted octanol–water partition coefficient (Wildman–Crippen LogP) is 4.03. The van der Waals surface area contributed by atoms with Gasteiger partial charge in [0.15, 0.2) is 0 Å². The first-order valence-corrected chi connectivity index (χ1v) is 8.16. The standard InChI is InChI=1S/C16H13N3O2S2/c20-15(14-5-2-6-17-16(14)22)19-11-3-1-4-13(7-11)21-8-12-9-23-10-18-12/h1-7,9-10H,8H2,(H,17,22)(H,19,20). The molecule has 3 rings (SSSR count). The van der Waals surface area contributed by atoms with Crippen LogP contribution in [0.25, 0.3) is 0 Å². The van der Waals surface area contributed by atoms with Crippen molar-refractivity contribution in [2.75, 3.05) is 5.32 Å². The number of pyridine rings is 1. The molecule has 0 saturated heterocycles. The number of benzene rings is 1. The summed E-state index contributed by atoms with van der Waals surface area (Å²) in [5, 5.41) is 4.75. The van der Waals surface area contributed by atoms with E-state index in [4.69, 9.17) is 17.0 Å². The minimum Gasteiger partial charge on any atom is -0.487 e. The Labute approximate surface area is 142 Å². The second kappa shape index (κ2) is 7.17. The molecule has 2 N–H and O–H groups in total. The van der Waals surface area contributed by atoms with Gasteiger partial charge in [-0.1, -0.05) is 18.3 Å². The summed E-state index contributed by atoms with van der Waals surface area (Å²) in [6, 6.07) is 10.6.